The molecule has 0 spiro atoms. The van der Waals surface area contributed by atoms with Gasteiger partial charge in [0.25, 0.3) is 0 Å². The van der Waals surface area contributed by atoms with E-state index < -0.39 is 5.91 Å². The Labute approximate surface area is 86.0 Å². The fraction of sp³-hybridized carbons (Fsp3) is 0.222. The van der Waals surface area contributed by atoms with Crippen molar-refractivity contribution >= 4 is 5.91 Å². The van der Waals surface area contributed by atoms with Gasteiger partial charge in [-0.2, -0.15) is 0 Å². The molecule has 1 aromatic rings. The third-order valence-corrected chi connectivity index (χ3v) is 1.73. The Bertz CT molecular complexity index is 402. The molecule has 0 bridgehead atoms. The summed E-state index contributed by atoms with van der Waals surface area (Å²) < 4.78 is 9.92. The minimum absolute atomic E-state index is 0.226. The van der Waals surface area contributed by atoms with Crippen LogP contribution in [-0.2, 0) is 0 Å². The molecule has 0 aliphatic rings. The summed E-state index contributed by atoms with van der Waals surface area (Å²) in [5.74, 6) is 0.256. The minimum atomic E-state index is -0.672. The average molecular weight is 207 g/mol. The number of methoxy groups -OCH3 is 2. The second-order valence-electron chi connectivity index (χ2n) is 2.60. The van der Waals surface area contributed by atoms with Crippen molar-refractivity contribution in [3.63, 3.8) is 0 Å². The first-order chi connectivity index (χ1) is 7.21. The van der Waals surface area contributed by atoms with Crippen LogP contribution in [0, 0.1) is 0 Å². The first-order valence-corrected chi connectivity index (χ1v) is 4.03. The lowest BCUT2D eigenvalue weighted by molar-refractivity contribution is 0.0999. The number of amides is 1. The van der Waals surface area contributed by atoms with Crippen LogP contribution < -0.4 is 9.47 Å². The number of benzene rings is 1. The Morgan fingerprint density at radius 3 is 2.20 bits per heavy atom. The van der Waals surface area contributed by atoms with E-state index in [-0.39, 0.29) is 5.56 Å². The molecular formula is C9H9N3O3. The molecule has 0 atom stereocenters. The second-order valence-corrected chi connectivity index (χ2v) is 2.60. The van der Waals surface area contributed by atoms with Crippen molar-refractivity contribution in [1.29, 1.82) is 0 Å². The van der Waals surface area contributed by atoms with Gasteiger partial charge in [0.05, 0.1) is 14.2 Å². The normalized spacial score (nSPS) is 8.93. The SMILES string of the molecule is COc1cc(OC)cc(C(=O)N=[N+]=[N-])c1. The van der Waals surface area contributed by atoms with Gasteiger partial charge >= 0.3 is 0 Å². The Balaban J connectivity index is 3.17. The lowest BCUT2D eigenvalue weighted by Gasteiger charge is -2.05. The van der Waals surface area contributed by atoms with Gasteiger partial charge in [0, 0.05) is 16.5 Å². The third-order valence-electron chi connectivity index (χ3n) is 1.73. The summed E-state index contributed by atoms with van der Waals surface area (Å²) in [7, 11) is 2.94. The van der Waals surface area contributed by atoms with E-state index in [0.29, 0.717) is 11.5 Å². The van der Waals surface area contributed by atoms with E-state index in [1.807, 2.05) is 0 Å². The molecule has 6 nitrogen and oxygen atoms in total. The highest BCUT2D eigenvalue weighted by atomic mass is 16.5. The lowest BCUT2D eigenvalue weighted by Crippen LogP contribution is -1.96. The van der Waals surface area contributed by atoms with E-state index in [0.717, 1.165) is 0 Å². The largest absolute Gasteiger partial charge is 0.497 e. The maximum absolute atomic E-state index is 11.2. The fourth-order valence-corrected chi connectivity index (χ4v) is 1.03. The van der Waals surface area contributed by atoms with Crippen molar-refractivity contribution < 1.29 is 14.3 Å². The first kappa shape index (κ1) is 10.9. The van der Waals surface area contributed by atoms with E-state index in [9.17, 15) is 4.79 Å². The van der Waals surface area contributed by atoms with Crippen LogP contribution in [0.4, 0.5) is 0 Å². The van der Waals surface area contributed by atoms with E-state index in [1.54, 1.807) is 6.07 Å². The topological polar surface area (TPSA) is 84.3 Å². The molecule has 0 aliphatic heterocycles. The molecule has 1 aromatic carbocycles. The summed E-state index contributed by atoms with van der Waals surface area (Å²) >= 11 is 0. The predicted molar refractivity (Wildman–Crippen MR) is 53.0 cm³/mol. The zero-order valence-electron chi connectivity index (χ0n) is 8.30. The Morgan fingerprint density at radius 1 is 1.27 bits per heavy atom. The number of ether oxygens (including phenoxy) is 2. The summed E-state index contributed by atoms with van der Waals surface area (Å²) in [6, 6.07) is 4.56. The van der Waals surface area contributed by atoms with E-state index in [2.05, 4.69) is 10.0 Å². The molecule has 1 amide bonds. The molecule has 0 aliphatic carbocycles. The molecule has 0 fully saturated rings. The quantitative estimate of drug-likeness (QED) is 0.432. The first-order valence-electron chi connectivity index (χ1n) is 4.03. The monoisotopic (exact) mass is 207 g/mol. The van der Waals surface area contributed by atoms with Crippen LogP contribution in [0.3, 0.4) is 0 Å². The van der Waals surface area contributed by atoms with Crippen molar-refractivity contribution in [3.8, 4) is 11.5 Å². The molecule has 0 unspecified atom stereocenters. The Kier molecular flexibility index (Phi) is 3.54. The maximum Gasteiger partial charge on any atom is 0.249 e. The minimum Gasteiger partial charge on any atom is -0.497 e. The lowest BCUT2D eigenvalue weighted by atomic mass is 10.2. The molecule has 0 radical (unpaired) electrons. The van der Waals surface area contributed by atoms with Crippen molar-refractivity contribution in [2.24, 2.45) is 5.11 Å². The summed E-state index contributed by atoms with van der Waals surface area (Å²) in [5.41, 5.74) is 8.35. The molecule has 1 rings (SSSR count). The standard InChI is InChI=1S/C9H9N3O3/c1-14-7-3-6(9(13)11-12-10)4-8(5-7)15-2/h3-5H,1-2H3. The summed E-state index contributed by atoms with van der Waals surface area (Å²) in [6.07, 6.45) is 0. The maximum atomic E-state index is 11.2. The fourth-order valence-electron chi connectivity index (χ4n) is 1.03. The smallest absolute Gasteiger partial charge is 0.249 e. The van der Waals surface area contributed by atoms with Crippen molar-refractivity contribution in [2.45, 2.75) is 0 Å². The van der Waals surface area contributed by atoms with Crippen LogP contribution in [0.25, 0.3) is 10.4 Å². The van der Waals surface area contributed by atoms with Gasteiger partial charge < -0.3 is 9.47 Å². The van der Waals surface area contributed by atoms with Crippen LogP contribution >= 0.6 is 0 Å². The van der Waals surface area contributed by atoms with E-state index in [4.69, 9.17) is 15.0 Å². The van der Waals surface area contributed by atoms with Crippen LogP contribution in [0.5, 0.6) is 11.5 Å². The average Bonchev–Trinajstić information content (AvgIpc) is 2.28. The Morgan fingerprint density at radius 2 is 1.80 bits per heavy atom. The molecule has 78 valence electrons. The van der Waals surface area contributed by atoms with Crippen LogP contribution in [0.15, 0.2) is 23.3 Å². The van der Waals surface area contributed by atoms with Gasteiger partial charge in [0.1, 0.15) is 11.5 Å². The molecular weight excluding hydrogens is 198 g/mol. The van der Waals surface area contributed by atoms with Gasteiger partial charge in [0.2, 0.25) is 5.91 Å². The van der Waals surface area contributed by atoms with Gasteiger partial charge in [0.15, 0.2) is 0 Å². The van der Waals surface area contributed by atoms with Crippen molar-refractivity contribution in [2.75, 3.05) is 14.2 Å². The van der Waals surface area contributed by atoms with Gasteiger partial charge in [-0.1, -0.05) is 0 Å². The number of hydrogen-bond acceptors (Lipinski definition) is 3. The number of nitrogens with zero attached hydrogens (tertiary/aromatic N) is 3. The predicted octanol–water partition coefficient (Wildman–Crippen LogP) is 2.15. The number of carbonyl (C=O) groups excluding carboxylic acids is 1. The van der Waals surface area contributed by atoms with Crippen molar-refractivity contribution in [1.82, 2.24) is 0 Å². The molecule has 0 aromatic heterocycles. The molecule has 0 heterocycles. The molecule has 0 saturated heterocycles. The van der Waals surface area contributed by atoms with Crippen LogP contribution in [0.2, 0.25) is 0 Å². The van der Waals surface area contributed by atoms with Gasteiger partial charge in [-0.05, 0) is 22.8 Å². The van der Waals surface area contributed by atoms with E-state index >= 15 is 0 Å². The summed E-state index contributed by atoms with van der Waals surface area (Å²) in [6.45, 7) is 0. The highest BCUT2D eigenvalue weighted by Crippen LogP contribution is 2.22. The van der Waals surface area contributed by atoms with Crippen LogP contribution in [-0.4, -0.2) is 20.1 Å². The molecule has 0 N–H and O–H groups in total. The highest BCUT2D eigenvalue weighted by molar-refractivity contribution is 5.95. The number of rotatable bonds is 3. The molecule has 0 saturated carbocycles. The summed E-state index contributed by atoms with van der Waals surface area (Å²) in [4.78, 5) is 13.7. The summed E-state index contributed by atoms with van der Waals surface area (Å²) in [5, 5.41) is 2.98. The molecule has 15 heavy (non-hydrogen) atoms. The zero-order valence-corrected chi connectivity index (χ0v) is 8.30. The highest BCUT2D eigenvalue weighted by Gasteiger charge is 2.07. The molecule has 6 heteroatoms. The van der Waals surface area contributed by atoms with Crippen LogP contribution in [0.1, 0.15) is 10.4 Å². The number of carbonyl (C=O) groups is 1. The zero-order chi connectivity index (χ0) is 11.3. The number of hydrogen-bond donors (Lipinski definition) is 0. The van der Waals surface area contributed by atoms with Gasteiger partial charge in [-0.25, -0.2) is 0 Å². The second kappa shape index (κ2) is 4.88. The van der Waals surface area contributed by atoms with E-state index in [1.165, 1.54) is 26.4 Å². The third kappa shape index (κ3) is 2.62. The number of azide groups is 1. The van der Waals surface area contributed by atoms with Crippen molar-refractivity contribution in [3.05, 3.63) is 34.2 Å². The van der Waals surface area contributed by atoms with Gasteiger partial charge in [-0.15, -0.1) is 0 Å². The Hall–Kier alpha value is -2.20. The van der Waals surface area contributed by atoms with Gasteiger partial charge in [-0.3, -0.25) is 4.79 Å².